The molecule has 7 nitrogen and oxygen atoms in total. The van der Waals surface area contributed by atoms with Gasteiger partial charge in [-0.3, -0.25) is 9.20 Å². The van der Waals surface area contributed by atoms with Crippen LogP contribution in [0.4, 0.5) is 13.2 Å². The van der Waals surface area contributed by atoms with Gasteiger partial charge in [-0.2, -0.15) is 13.2 Å². The highest BCUT2D eigenvalue weighted by atomic mass is 32.2. The van der Waals surface area contributed by atoms with E-state index in [4.69, 9.17) is 0 Å². The van der Waals surface area contributed by atoms with Gasteiger partial charge in [-0.25, -0.2) is 8.42 Å². The number of sulfone groups is 1. The standard InChI is InChI=1S/C19H25F3N4O3S/c1-2-3-4-10-30(28,29)13-17(27)25-9-5-6-14(11-25)18-24-23-16-8-7-15(12-26(16)18)19(20,21)22/h7-8,12,14H,2-6,9-11,13H2,1H3. The third-order valence-electron chi connectivity index (χ3n) is 5.30. The Hall–Kier alpha value is -2.17. The van der Waals surface area contributed by atoms with Gasteiger partial charge in [0.2, 0.25) is 5.91 Å². The lowest BCUT2D eigenvalue weighted by Gasteiger charge is -2.32. The Balaban J connectivity index is 1.74. The van der Waals surface area contributed by atoms with Crippen molar-refractivity contribution in [3.05, 3.63) is 29.7 Å². The van der Waals surface area contributed by atoms with Gasteiger partial charge in [0.25, 0.3) is 0 Å². The molecule has 30 heavy (non-hydrogen) atoms. The number of aromatic nitrogens is 3. The monoisotopic (exact) mass is 446 g/mol. The molecule has 1 amide bonds. The van der Waals surface area contributed by atoms with E-state index in [1.807, 2.05) is 6.92 Å². The third kappa shape index (κ3) is 5.30. The Morgan fingerprint density at radius 3 is 2.70 bits per heavy atom. The van der Waals surface area contributed by atoms with Crippen molar-refractivity contribution in [2.45, 2.75) is 51.1 Å². The zero-order valence-electron chi connectivity index (χ0n) is 16.7. The van der Waals surface area contributed by atoms with Crippen LogP contribution in [0, 0.1) is 0 Å². The van der Waals surface area contributed by atoms with Gasteiger partial charge in [0, 0.05) is 25.2 Å². The predicted octanol–water partition coefficient (Wildman–Crippen LogP) is 3.06. The average molecular weight is 446 g/mol. The Kier molecular flexibility index (Phi) is 6.68. The number of piperidine rings is 1. The number of hydrogen-bond acceptors (Lipinski definition) is 5. The molecule has 2 aromatic heterocycles. The van der Waals surface area contributed by atoms with E-state index in [9.17, 15) is 26.4 Å². The number of unbranched alkanes of at least 4 members (excludes halogenated alkanes) is 2. The van der Waals surface area contributed by atoms with Crippen LogP contribution in [0.15, 0.2) is 18.3 Å². The number of likely N-dealkylation sites (tertiary alicyclic amines) is 1. The second-order valence-corrected chi connectivity index (χ2v) is 9.86. The number of carbonyl (C=O) groups excluding carboxylic acids is 1. The molecule has 0 bridgehead atoms. The Morgan fingerprint density at radius 2 is 2.00 bits per heavy atom. The van der Waals surface area contributed by atoms with E-state index >= 15 is 0 Å². The number of fused-ring (bicyclic) bond motifs is 1. The topological polar surface area (TPSA) is 84.6 Å². The van der Waals surface area contributed by atoms with Crippen molar-refractivity contribution in [3.8, 4) is 0 Å². The third-order valence-corrected chi connectivity index (χ3v) is 6.90. The maximum absolute atomic E-state index is 13.1. The van der Waals surface area contributed by atoms with E-state index in [-0.39, 0.29) is 18.2 Å². The maximum Gasteiger partial charge on any atom is 0.417 e. The summed E-state index contributed by atoms with van der Waals surface area (Å²) in [5, 5.41) is 7.98. The molecule has 1 saturated heterocycles. The maximum atomic E-state index is 13.1. The van der Waals surface area contributed by atoms with Gasteiger partial charge in [-0.1, -0.05) is 19.8 Å². The smallest absolute Gasteiger partial charge is 0.341 e. The molecule has 0 N–H and O–H groups in total. The number of halogens is 3. The van der Waals surface area contributed by atoms with Crippen LogP contribution >= 0.6 is 0 Å². The van der Waals surface area contributed by atoms with Crippen molar-refractivity contribution < 1.29 is 26.4 Å². The predicted molar refractivity (Wildman–Crippen MR) is 105 cm³/mol. The molecular formula is C19H25F3N4O3S. The minimum absolute atomic E-state index is 0.0150. The molecule has 0 aromatic carbocycles. The molecule has 1 fully saturated rings. The highest BCUT2D eigenvalue weighted by Gasteiger charge is 2.33. The van der Waals surface area contributed by atoms with E-state index in [0.29, 0.717) is 37.3 Å². The van der Waals surface area contributed by atoms with E-state index in [0.717, 1.165) is 25.1 Å². The molecule has 2 aromatic rings. The lowest BCUT2D eigenvalue weighted by atomic mass is 9.97. The van der Waals surface area contributed by atoms with Gasteiger partial charge >= 0.3 is 6.18 Å². The van der Waals surface area contributed by atoms with Gasteiger partial charge in [-0.05, 0) is 31.4 Å². The number of rotatable bonds is 7. The molecular weight excluding hydrogens is 421 g/mol. The number of hydrogen-bond donors (Lipinski definition) is 0. The molecule has 3 heterocycles. The summed E-state index contributed by atoms with van der Waals surface area (Å²) in [4.78, 5) is 14.0. The van der Waals surface area contributed by atoms with Crippen LogP contribution in [0.1, 0.15) is 56.3 Å². The van der Waals surface area contributed by atoms with Crippen molar-refractivity contribution in [2.24, 2.45) is 0 Å². The SMILES string of the molecule is CCCCCS(=O)(=O)CC(=O)N1CCCC(c2nnc3ccc(C(F)(F)F)cn23)C1. The fourth-order valence-electron chi connectivity index (χ4n) is 3.69. The van der Waals surface area contributed by atoms with Crippen molar-refractivity contribution >= 4 is 21.4 Å². The zero-order valence-corrected chi connectivity index (χ0v) is 17.5. The summed E-state index contributed by atoms with van der Waals surface area (Å²) in [6.45, 7) is 2.60. The average Bonchev–Trinajstić information content (AvgIpc) is 3.10. The first kappa shape index (κ1) is 22.5. The van der Waals surface area contributed by atoms with Crippen LogP contribution in [-0.4, -0.2) is 58.4 Å². The van der Waals surface area contributed by atoms with Gasteiger partial charge in [0.05, 0.1) is 11.3 Å². The molecule has 11 heteroatoms. The molecule has 1 unspecified atom stereocenters. The fraction of sp³-hybridized carbons (Fsp3) is 0.632. The molecule has 0 saturated carbocycles. The van der Waals surface area contributed by atoms with Gasteiger partial charge in [-0.15, -0.1) is 10.2 Å². The van der Waals surface area contributed by atoms with Crippen LogP contribution in [0.3, 0.4) is 0 Å². The number of alkyl halides is 3. The van der Waals surface area contributed by atoms with E-state index in [1.165, 1.54) is 15.4 Å². The molecule has 1 atom stereocenters. The first-order valence-corrected chi connectivity index (χ1v) is 11.8. The second-order valence-electron chi connectivity index (χ2n) is 7.68. The first-order chi connectivity index (χ1) is 14.1. The normalized spacial score (nSPS) is 18.1. The molecule has 1 aliphatic rings. The van der Waals surface area contributed by atoms with E-state index in [2.05, 4.69) is 10.2 Å². The molecule has 166 valence electrons. The fourth-order valence-corrected chi connectivity index (χ4v) is 5.04. The first-order valence-electron chi connectivity index (χ1n) is 10.0. The van der Waals surface area contributed by atoms with Gasteiger partial charge < -0.3 is 4.90 Å². The number of carbonyl (C=O) groups is 1. The molecule has 3 rings (SSSR count). The molecule has 0 aliphatic carbocycles. The minimum atomic E-state index is -4.49. The van der Waals surface area contributed by atoms with Crippen LogP contribution < -0.4 is 0 Å². The number of amides is 1. The molecule has 0 radical (unpaired) electrons. The Labute approximate surface area is 173 Å². The van der Waals surface area contributed by atoms with Crippen molar-refractivity contribution in [1.29, 1.82) is 0 Å². The Bertz CT molecular complexity index is 1000. The molecule has 0 spiro atoms. The van der Waals surface area contributed by atoms with Gasteiger partial charge in [0.1, 0.15) is 11.6 Å². The Morgan fingerprint density at radius 1 is 1.23 bits per heavy atom. The largest absolute Gasteiger partial charge is 0.417 e. The number of pyridine rings is 1. The minimum Gasteiger partial charge on any atom is -0.341 e. The summed E-state index contributed by atoms with van der Waals surface area (Å²) in [5.74, 6) is -0.995. The van der Waals surface area contributed by atoms with Crippen molar-refractivity contribution in [3.63, 3.8) is 0 Å². The summed E-state index contributed by atoms with van der Waals surface area (Å²) in [5.41, 5.74) is -0.516. The quantitative estimate of drug-likeness (QED) is 0.611. The highest BCUT2D eigenvalue weighted by molar-refractivity contribution is 7.92. The number of nitrogens with zero attached hydrogens (tertiary/aromatic N) is 4. The second kappa shape index (κ2) is 8.91. The van der Waals surface area contributed by atoms with Crippen LogP contribution in [-0.2, 0) is 20.8 Å². The summed E-state index contributed by atoms with van der Waals surface area (Å²) < 4.78 is 64.9. The lowest BCUT2D eigenvalue weighted by Crippen LogP contribution is -2.42. The summed E-state index contributed by atoms with van der Waals surface area (Å²) in [6.07, 6.45) is -0.0784. The van der Waals surface area contributed by atoms with Crippen LogP contribution in [0.2, 0.25) is 0 Å². The lowest BCUT2D eigenvalue weighted by molar-refractivity contribution is -0.137. The van der Waals surface area contributed by atoms with E-state index < -0.39 is 33.2 Å². The molecule has 1 aliphatic heterocycles. The van der Waals surface area contributed by atoms with Crippen molar-refractivity contribution in [2.75, 3.05) is 24.6 Å². The summed E-state index contributed by atoms with van der Waals surface area (Å²) in [7, 11) is -3.48. The van der Waals surface area contributed by atoms with Crippen molar-refractivity contribution in [1.82, 2.24) is 19.5 Å². The summed E-state index contributed by atoms with van der Waals surface area (Å²) >= 11 is 0. The highest BCUT2D eigenvalue weighted by Crippen LogP contribution is 2.31. The zero-order chi connectivity index (χ0) is 21.9. The van der Waals surface area contributed by atoms with Gasteiger partial charge in [0.15, 0.2) is 15.5 Å². The van der Waals surface area contributed by atoms with E-state index in [1.54, 1.807) is 0 Å². The van der Waals surface area contributed by atoms with Crippen LogP contribution in [0.5, 0.6) is 0 Å². The summed E-state index contributed by atoms with van der Waals surface area (Å²) in [6, 6.07) is 2.21. The van der Waals surface area contributed by atoms with Crippen LogP contribution in [0.25, 0.3) is 5.65 Å².